The molecule has 0 N–H and O–H groups in total. The summed E-state index contributed by atoms with van der Waals surface area (Å²) in [5, 5.41) is 0. The van der Waals surface area contributed by atoms with Crippen molar-refractivity contribution >= 4 is 23.8 Å². The molecule has 2 aliphatic carbocycles. The van der Waals surface area contributed by atoms with Gasteiger partial charge in [0.15, 0.2) is 0 Å². The number of benzene rings is 1. The quantitative estimate of drug-likeness (QED) is 0.352. The second-order valence-electron chi connectivity index (χ2n) is 7.25. The smallest absolute Gasteiger partial charge is 0.0659 e. The molecule has 23 heavy (non-hydrogen) atoms. The Labute approximate surface area is 141 Å². The average molecular weight is 310 g/mol. The Hall–Kier alpha value is -1.44. The Morgan fingerprint density at radius 2 is 1.65 bits per heavy atom. The minimum Gasteiger partial charge on any atom is -0.261 e. The van der Waals surface area contributed by atoms with Gasteiger partial charge >= 0.3 is 0 Å². The molecule has 0 radical (unpaired) electrons. The molecule has 3 rings (SSSR count). The van der Waals surface area contributed by atoms with E-state index in [2.05, 4.69) is 42.5 Å². The summed E-state index contributed by atoms with van der Waals surface area (Å²) in [5.74, 6) is 1.82. The number of hydrogen-bond acceptors (Lipinski definition) is 2. The maximum Gasteiger partial charge on any atom is 0.0659 e. The average Bonchev–Trinajstić information content (AvgIpc) is 3.44. The second-order valence-corrected chi connectivity index (χ2v) is 7.25. The van der Waals surface area contributed by atoms with Crippen LogP contribution in [0, 0.1) is 11.8 Å². The molecule has 124 valence electrons. The molecular formula is C21H30N2. The zero-order chi connectivity index (χ0) is 15.9. The third-order valence-corrected chi connectivity index (χ3v) is 4.85. The molecule has 0 unspecified atom stereocenters. The molecule has 0 aromatic heterocycles. The first-order valence-electron chi connectivity index (χ1n) is 9.53. The Balaban J connectivity index is 1.64. The fourth-order valence-corrected chi connectivity index (χ4v) is 2.86. The number of unbranched alkanes of at least 4 members (excludes halogenated alkanes) is 2. The Morgan fingerprint density at radius 1 is 0.957 bits per heavy atom. The Morgan fingerprint density at radius 3 is 2.30 bits per heavy atom. The van der Waals surface area contributed by atoms with Crippen LogP contribution < -0.4 is 0 Å². The summed E-state index contributed by atoms with van der Waals surface area (Å²) in [6, 6.07) is 6.54. The minimum absolute atomic E-state index is 0.911. The van der Waals surface area contributed by atoms with Crippen LogP contribution in [0.4, 0.5) is 11.4 Å². The summed E-state index contributed by atoms with van der Waals surface area (Å²) >= 11 is 0. The highest BCUT2D eigenvalue weighted by Gasteiger charge is 2.20. The van der Waals surface area contributed by atoms with Crippen LogP contribution in [0.3, 0.4) is 0 Å². The van der Waals surface area contributed by atoms with E-state index in [1.54, 1.807) is 0 Å². The predicted molar refractivity (Wildman–Crippen MR) is 101 cm³/mol. The lowest BCUT2D eigenvalue weighted by Crippen LogP contribution is -1.88. The van der Waals surface area contributed by atoms with Gasteiger partial charge in [0.2, 0.25) is 0 Å². The van der Waals surface area contributed by atoms with Crippen molar-refractivity contribution in [2.24, 2.45) is 21.8 Å². The summed E-state index contributed by atoms with van der Waals surface area (Å²) < 4.78 is 0. The molecule has 0 spiro atoms. The van der Waals surface area contributed by atoms with Gasteiger partial charge < -0.3 is 0 Å². The number of aliphatic imine (C=N–C) groups is 2. The van der Waals surface area contributed by atoms with Crippen molar-refractivity contribution in [3.05, 3.63) is 23.8 Å². The van der Waals surface area contributed by atoms with Crippen molar-refractivity contribution in [2.45, 2.75) is 71.1 Å². The van der Waals surface area contributed by atoms with Crippen molar-refractivity contribution in [1.82, 2.24) is 0 Å². The largest absolute Gasteiger partial charge is 0.261 e. The van der Waals surface area contributed by atoms with Crippen molar-refractivity contribution in [1.29, 1.82) is 0 Å². The molecule has 0 saturated heterocycles. The maximum atomic E-state index is 4.75. The van der Waals surface area contributed by atoms with E-state index < -0.39 is 0 Å². The molecule has 2 aliphatic rings. The SMILES string of the molecule is CCCCCc1cc(N=CCC2CC2)ccc1N=CCC1CC1. The highest BCUT2D eigenvalue weighted by molar-refractivity contribution is 5.69. The van der Waals surface area contributed by atoms with Gasteiger partial charge in [-0.3, -0.25) is 9.98 Å². The van der Waals surface area contributed by atoms with Crippen LogP contribution in [0.2, 0.25) is 0 Å². The van der Waals surface area contributed by atoms with Gasteiger partial charge in [0.1, 0.15) is 0 Å². The summed E-state index contributed by atoms with van der Waals surface area (Å²) in [7, 11) is 0. The van der Waals surface area contributed by atoms with Crippen LogP contribution in [-0.2, 0) is 6.42 Å². The van der Waals surface area contributed by atoms with Crippen LogP contribution in [0.15, 0.2) is 28.2 Å². The lowest BCUT2D eigenvalue weighted by molar-refractivity contribution is 0.718. The standard InChI is InChI=1S/C21H30N2/c1-2-3-4-5-19-16-20(22-14-12-17-6-7-17)10-11-21(19)23-15-13-18-8-9-18/h10-11,14-18H,2-9,12-13H2,1H3. The third-order valence-electron chi connectivity index (χ3n) is 4.85. The van der Waals surface area contributed by atoms with Gasteiger partial charge in [-0.1, -0.05) is 19.8 Å². The topological polar surface area (TPSA) is 24.7 Å². The van der Waals surface area contributed by atoms with Gasteiger partial charge in [-0.25, -0.2) is 0 Å². The normalized spacial score (nSPS) is 18.3. The molecular weight excluding hydrogens is 280 g/mol. The van der Waals surface area contributed by atoms with E-state index in [-0.39, 0.29) is 0 Å². The number of rotatable bonds is 10. The summed E-state index contributed by atoms with van der Waals surface area (Å²) in [4.78, 5) is 9.41. The molecule has 2 heteroatoms. The fraction of sp³-hybridized carbons (Fsp3) is 0.619. The van der Waals surface area contributed by atoms with Crippen molar-refractivity contribution in [3.8, 4) is 0 Å². The molecule has 0 bridgehead atoms. The molecule has 2 nitrogen and oxygen atoms in total. The van der Waals surface area contributed by atoms with Gasteiger partial charge in [-0.05, 0) is 87.0 Å². The first kappa shape index (κ1) is 16.4. The van der Waals surface area contributed by atoms with E-state index >= 15 is 0 Å². The monoisotopic (exact) mass is 310 g/mol. The molecule has 2 saturated carbocycles. The number of hydrogen-bond donors (Lipinski definition) is 0. The number of aryl methyl sites for hydroxylation is 1. The first-order chi connectivity index (χ1) is 11.3. The maximum absolute atomic E-state index is 4.75. The summed E-state index contributed by atoms with van der Waals surface area (Å²) in [5.41, 5.74) is 3.62. The fourth-order valence-electron chi connectivity index (χ4n) is 2.86. The van der Waals surface area contributed by atoms with E-state index in [4.69, 9.17) is 4.99 Å². The molecule has 2 fully saturated rings. The Bertz CT molecular complexity index is 551. The second kappa shape index (κ2) is 8.42. The van der Waals surface area contributed by atoms with Crippen LogP contribution >= 0.6 is 0 Å². The number of nitrogens with zero attached hydrogens (tertiary/aromatic N) is 2. The van der Waals surface area contributed by atoms with Crippen LogP contribution in [0.25, 0.3) is 0 Å². The molecule has 0 amide bonds. The highest BCUT2D eigenvalue weighted by atomic mass is 14.7. The molecule has 1 aromatic carbocycles. The van der Waals surface area contributed by atoms with Crippen LogP contribution in [0.1, 0.15) is 70.3 Å². The van der Waals surface area contributed by atoms with Gasteiger partial charge in [-0.2, -0.15) is 0 Å². The zero-order valence-electron chi connectivity index (χ0n) is 14.5. The van der Waals surface area contributed by atoms with E-state index in [1.165, 1.54) is 50.5 Å². The molecule has 0 heterocycles. The lowest BCUT2D eigenvalue weighted by atomic mass is 10.0. The minimum atomic E-state index is 0.911. The van der Waals surface area contributed by atoms with Gasteiger partial charge in [0.05, 0.1) is 11.4 Å². The van der Waals surface area contributed by atoms with Crippen LogP contribution in [0.5, 0.6) is 0 Å². The predicted octanol–water partition coefficient (Wildman–Crippen LogP) is 6.42. The van der Waals surface area contributed by atoms with Gasteiger partial charge in [0, 0.05) is 12.4 Å². The van der Waals surface area contributed by atoms with Crippen molar-refractivity contribution in [3.63, 3.8) is 0 Å². The third kappa shape index (κ3) is 5.93. The van der Waals surface area contributed by atoms with E-state index in [0.29, 0.717) is 0 Å². The van der Waals surface area contributed by atoms with Crippen molar-refractivity contribution < 1.29 is 0 Å². The molecule has 0 atom stereocenters. The Kier molecular flexibility index (Phi) is 6.01. The van der Waals surface area contributed by atoms with Crippen LogP contribution in [-0.4, -0.2) is 12.4 Å². The lowest BCUT2D eigenvalue weighted by Gasteiger charge is -2.07. The van der Waals surface area contributed by atoms with Gasteiger partial charge in [0.25, 0.3) is 0 Å². The molecule has 1 aromatic rings. The van der Waals surface area contributed by atoms with E-state index in [1.807, 2.05) is 0 Å². The van der Waals surface area contributed by atoms with Gasteiger partial charge in [-0.15, -0.1) is 0 Å². The highest BCUT2D eigenvalue weighted by Crippen LogP contribution is 2.33. The van der Waals surface area contributed by atoms with E-state index in [9.17, 15) is 0 Å². The zero-order valence-corrected chi connectivity index (χ0v) is 14.5. The first-order valence-corrected chi connectivity index (χ1v) is 9.53. The molecule has 0 aliphatic heterocycles. The van der Waals surface area contributed by atoms with E-state index in [0.717, 1.165) is 42.5 Å². The van der Waals surface area contributed by atoms with Crippen molar-refractivity contribution in [2.75, 3.05) is 0 Å². The summed E-state index contributed by atoms with van der Waals surface area (Å²) in [6.07, 6.45) is 17.0. The summed E-state index contributed by atoms with van der Waals surface area (Å²) in [6.45, 7) is 2.26.